The summed E-state index contributed by atoms with van der Waals surface area (Å²) in [7, 11) is 3.27. The van der Waals surface area contributed by atoms with Gasteiger partial charge in [-0.2, -0.15) is 0 Å². The van der Waals surface area contributed by atoms with Gasteiger partial charge in [-0.3, -0.25) is 0 Å². The Kier molecular flexibility index (Phi) is 7.78. The molecule has 0 radical (unpaired) electrons. The van der Waals surface area contributed by atoms with Crippen LogP contribution in [0.5, 0.6) is 11.5 Å². The first kappa shape index (κ1) is 23.0. The van der Waals surface area contributed by atoms with Gasteiger partial charge in [0.2, 0.25) is 0 Å². The van der Waals surface area contributed by atoms with E-state index in [0.717, 1.165) is 73.8 Å². The molecule has 7 nitrogen and oxygen atoms in total. The minimum atomic E-state index is 0.666. The Labute approximate surface area is 200 Å². The lowest BCUT2D eigenvalue weighted by Gasteiger charge is -2.37. The minimum Gasteiger partial charge on any atom is -0.493 e. The highest BCUT2D eigenvalue weighted by molar-refractivity contribution is 7.80. The molecule has 0 unspecified atom stereocenters. The van der Waals surface area contributed by atoms with Crippen molar-refractivity contribution in [3.63, 3.8) is 0 Å². The average Bonchev–Trinajstić information content (AvgIpc) is 2.87. The maximum absolute atomic E-state index is 5.65. The Morgan fingerprint density at radius 2 is 1.70 bits per heavy atom. The molecule has 4 rings (SSSR count). The highest BCUT2D eigenvalue weighted by Crippen LogP contribution is 2.34. The number of unbranched alkanes of at least 4 members (excludes halogenated alkanes) is 1. The second-order valence-corrected chi connectivity index (χ2v) is 8.46. The molecule has 1 aromatic heterocycles. The van der Waals surface area contributed by atoms with Crippen molar-refractivity contribution < 1.29 is 9.47 Å². The number of hydrogen-bond acceptors (Lipinski definition) is 6. The van der Waals surface area contributed by atoms with Crippen molar-refractivity contribution in [2.45, 2.75) is 19.3 Å². The second-order valence-electron chi connectivity index (χ2n) is 8.07. The summed E-state index contributed by atoms with van der Waals surface area (Å²) in [5.74, 6) is 2.26. The van der Waals surface area contributed by atoms with E-state index in [4.69, 9.17) is 21.7 Å². The van der Waals surface area contributed by atoms with Crippen LogP contribution in [0, 0.1) is 0 Å². The summed E-state index contributed by atoms with van der Waals surface area (Å²) in [6, 6.07) is 14.5. The topological polar surface area (TPSA) is 62.8 Å². The maximum Gasteiger partial charge on any atom is 0.169 e. The van der Waals surface area contributed by atoms with Crippen molar-refractivity contribution in [3.05, 3.63) is 54.4 Å². The van der Waals surface area contributed by atoms with E-state index >= 15 is 0 Å². The van der Waals surface area contributed by atoms with E-state index in [9.17, 15) is 0 Å². The fourth-order valence-electron chi connectivity index (χ4n) is 4.15. The number of hydrogen-bond donors (Lipinski definition) is 1. The molecule has 1 aliphatic rings. The van der Waals surface area contributed by atoms with Crippen LogP contribution in [0.15, 0.2) is 48.8 Å². The van der Waals surface area contributed by atoms with Gasteiger partial charge < -0.3 is 24.6 Å². The first-order valence-electron chi connectivity index (χ1n) is 11.4. The normalized spacial score (nSPS) is 13.8. The van der Waals surface area contributed by atoms with Crippen LogP contribution in [0.2, 0.25) is 0 Å². The number of methoxy groups -OCH3 is 2. The SMILES string of the molecule is COc1cc2ncnc(N3CCN(C(=S)NCCCCc4ccccc4)CC3)c2cc1OC. The van der Waals surface area contributed by atoms with Crippen LogP contribution in [0.4, 0.5) is 5.82 Å². The molecule has 0 atom stereocenters. The van der Waals surface area contributed by atoms with Gasteiger partial charge in [-0.25, -0.2) is 9.97 Å². The van der Waals surface area contributed by atoms with Crippen LogP contribution < -0.4 is 19.7 Å². The molecular weight excluding hydrogens is 434 g/mol. The second kappa shape index (κ2) is 11.1. The van der Waals surface area contributed by atoms with Crippen molar-refractivity contribution >= 4 is 34.1 Å². The highest BCUT2D eigenvalue weighted by Gasteiger charge is 2.22. The first-order chi connectivity index (χ1) is 16.2. The van der Waals surface area contributed by atoms with Gasteiger partial charge in [0.15, 0.2) is 16.6 Å². The molecule has 33 heavy (non-hydrogen) atoms. The van der Waals surface area contributed by atoms with Crippen molar-refractivity contribution in [1.29, 1.82) is 0 Å². The molecule has 1 aliphatic heterocycles. The average molecular weight is 466 g/mol. The number of fused-ring (bicyclic) bond motifs is 1. The van der Waals surface area contributed by atoms with E-state index in [2.05, 4.69) is 55.4 Å². The van der Waals surface area contributed by atoms with E-state index in [1.54, 1.807) is 20.5 Å². The summed E-state index contributed by atoms with van der Waals surface area (Å²) >= 11 is 5.65. The molecular formula is C25H31N5O2S. The molecule has 0 bridgehead atoms. The number of nitrogens with one attached hydrogen (secondary N) is 1. The minimum absolute atomic E-state index is 0.666. The largest absolute Gasteiger partial charge is 0.493 e. The number of nitrogens with zero attached hydrogens (tertiary/aromatic N) is 4. The molecule has 8 heteroatoms. The molecule has 1 fully saturated rings. The van der Waals surface area contributed by atoms with Crippen molar-refractivity contribution in [2.75, 3.05) is 51.8 Å². The Bertz CT molecular complexity index is 1070. The van der Waals surface area contributed by atoms with Gasteiger partial charge in [0.05, 0.1) is 19.7 Å². The molecule has 3 aromatic rings. The predicted octanol–water partition coefficient (Wildman–Crippen LogP) is 3.67. The number of ether oxygens (including phenoxy) is 2. The molecule has 0 aliphatic carbocycles. The molecule has 1 saturated heterocycles. The van der Waals surface area contributed by atoms with Gasteiger partial charge >= 0.3 is 0 Å². The smallest absolute Gasteiger partial charge is 0.169 e. The molecule has 2 aromatic carbocycles. The van der Waals surface area contributed by atoms with E-state index in [-0.39, 0.29) is 0 Å². The molecule has 0 amide bonds. The summed E-state index contributed by atoms with van der Waals surface area (Å²) in [6.07, 6.45) is 4.98. The lowest BCUT2D eigenvalue weighted by atomic mass is 10.1. The van der Waals surface area contributed by atoms with E-state index in [1.807, 2.05) is 12.1 Å². The Hall–Kier alpha value is -3.13. The Morgan fingerprint density at radius 1 is 0.970 bits per heavy atom. The van der Waals surface area contributed by atoms with Gasteiger partial charge in [0, 0.05) is 44.2 Å². The number of anilines is 1. The van der Waals surface area contributed by atoms with Crippen molar-refractivity contribution in [3.8, 4) is 11.5 Å². The molecule has 0 spiro atoms. The number of aromatic nitrogens is 2. The summed E-state index contributed by atoms with van der Waals surface area (Å²) in [5.41, 5.74) is 2.23. The van der Waals surface area contributed by atoms with Crippen LogP contribution >= 0.6 is 12.2 Å². The van der Waals surface area contributed by atoms with E-state index in [0.29, 0.717) is 11.5 Å². The summed E-state index contributed by atoms with van der Waals surface area (Å²) in [4.78, 5) is 13.5. The van der Waals surface area contributed by atoms with Crippen LogP contribution in [0.3, 0.4) is 0 Å². The third-order valence-electron chi connectivity index (χ3n) is 6.00. The van der Waals surface area contributed by atoms with Gasteiger partial charge in [-0.05, 0) is 43.1 Å². The lowest BCUT2D eigenvalue weighted by Crippen LogP contribution is -2.52. The molecule has 2 heterocycles. The number of thiocarbonyl (C=S) groups is 1. The number of benzene rings is 2. The number of aryl methyl sites for hydroxylation is 1. The Balaban J connectivity index is 1.28. The van der Waals surface area contributed by atoms with Crippen LogP contribution in [-0.2, 0) is 6.42 Å². The fraction of sp³-hybridized carbons (Fsp3) is 0.400. The summed E-state index contributed by atoms with van der Waals surface area (Å²) < 4.78 is 10.9. The summed E-state index contributed by atoms with van der Waals surface area (Å²) in [6.45, 7) is 4.31. The van der Waals surface area contributed by atoms with Gasteiger partial charge in [-0.15, -0.1) is 0 Å². The third kappa shape index (κ3) is 5.63. The zero-order valence-corrected chi connectivity index (χ0v) is 20.1. The third-order valence-corrected chi connectivity index (χ3v) is 6.40. The van der Waals surface area contributed by atoms with Gasteiger partial charge in [-0.1, -0.05) is 30.3 Å². The number of rotatable bonds is 8. The van der Waals surface area contributed by atoms with Crippen LogP contribution in [0.25, 0.3) is 10.9 Å². The molecule has 0 saturated carbocycles. The van der Waals surface area contributed by atoms with Crippen molar-refractivity contribution in [2.24, 2.45) is 0 Å². The molecule has 174 valence electrons. The van der Waals surface area contributed by atoms with Crippen LogP contribution in [0.1, 0.15) is 18.4 Å². The molecule has 1 N–H and O–H groups in total. The van der Waals surface area contributed by atoms with Crippen molar-refractivity contribution in [1.82, 2.24) is 20.2 Å². The zero-order valence-electron chi connectivity index (χ0n) is 19.3. The zero-order chi connectivity index (χ0) is 23.0. The number of piperazine rings is 1. The van der Waals surface area contributed by atoms with Gasteiger partial charge in [0.25, 0.3) is 0 Å². The monoisotopic (exact) mass is 465 g/mol. The quantitative estimate of drug-likeness (QED) is 0.399. The standard InChI is InChI=1S/C25H31N5O2S/c1-31-22-16-20-21(17-23(22)32-2)27-18-28-24(20)29-12-14-30(15-13-29)25(33)26-11-7-6-10-19-8-4-3-5-9-19/h3-5,8-9,16-18H,6-7,10-15H2,1-2H3,(H,26,33). The van der Waals surface area contributed by atoms with E-state index in [1.165, 1.54) is 5.56 Å². The fourth-order valence-corrected chi connectivity index (χ4v) is 4.43. The highest BCUT2D eigenvalue weighted by atomic mass is 32.1. The first-order valence-corrected chi connectivity index (χ1v) is 11.8. The lowest BCUT2D eigenvalue weighted by molar-refractivity contribution is 0.355. The summed E-state index contributed by atoms with van der Waals surface area (Å²) in [5, 5.41) is 5.24. The predicted molar refractivity (Wildman–Crippen MR) is 136 cm³/mol. The maximum atomic E-state index is 5.65. The van der Waals surface area contributed by atoms with Gasteiger partial charge in [0.1, 0.15) is 12.1 Å². The Morgan fingerprint density at radius 3 is 2.42 bits per heavy atom. The van der Waals surface area contributed by atoms with Crippen LogP contribution in [-0.4, -0.2) is 66.9 Å². The van der Waals surface area contributed by atoms with E-state index < -0.39 is 0 Å².